The Morgan fingerprint density at radius 2 is 1.61 bits per heavy atom. The minimum absolute atomic E-state index is 0.0771. The van der Waals surface area contributed by atoms with Gasteiger partial charge < -0.3 is 4.74 Å². The Kier molecular flexibility index (Phi) is 3.83. The van der Waals surface area contributed by atoms with Crippen LogP contribution in [0.25, 0.3) is 0 Å². The Hall–Kier alpha value is -1.16. The van der Waals surface area contributed by atoms with Gasteiger partial charge in [0.2, 0.25) is 0 Å². The third kappa shape index (κ3) is 2.75. The number of esters is 1. The first kappa shape index (κ1) is 15.4. The number of carbonyl (C=O) groups is 2. The van der Waals surface area contributed by atoms with Gasteiger partial charge in [-0.2, -0.15) is 0 Å². The first-order valence-corrected chi connectivity index (χ1v) is 9.30. The lowest BCUT2D eigenvalue weighted by atomic mass is 9.48. The molecule has 4 fully saturated rings. The molecule has 122 valence electrons. The summed E-state index contributed by atoms with van der Waals surface area (Å²) in [6.45, 7) is -0.0771. The van der Waals surface area contributed by atoms with Crippen molar-refractivity contribution in [1.82, 2.24) is 0 Å². The molecule has 1 aromatic carbocycles. The number of hydrogen-bond acceptors (Lipinski definition) is 3. The highest BCUT2D eigenvalue weighted by Gasteiger charge is 2.54. The van der Waals surface area contributed by atoms with Crippen molar-refractivity contribution >= 4 is 27.7 Å². The maximum Gasteiger partial charge on any atom is 0.339 e. The zero-order valence-corrected chi connectivity index (χ0v) is 14.7. The van der Waals surface area contributed by atoms with Crippen molar-refractivity contribution in [2.24, 2.45) is 23.2 Å². The van der Waals surface area contributed by atoms with Gasteiger partial charge in [0, 0.05) is 9.89 Å². The second-order valence-electron chi connectivity index (χ2n) is 7.68. The molecule has 0 amide bonds. The number of carbonyl (C=O) groups excluding carboxylic acids is 2. The summed E-state index contributed by atoms with van der Waals surface area (Å²) < 4.78 is 6.04. The molecule has 3 nitrogen and oxygen atoms in total. The molecule has 0 atom stereocenters. The van der Waals surface area contributed by atoms with E-state index in [1.165, 1.54) is 19.3 Å². The van der Waals surface area contributed by atoms with E-state index in [2.05, 4.69) is 15.9 Å². The lowest BCUT2D eigenvalue weighted by Crippen LogP contribution is -2.51. The van der Waals surface area contributed by atoms with Crippen molar-refractivity contribution in [3.8, 4) is 0 Å². The van der Waals surface area contributed by atoms with Crippen molar-refractivity contribution < 1.29 is 14.3 Å². The van der Waals surface area contributed by atoms with E-state index < -0.39 is 5.97 Å². The second kappa shape index (κ2) is 5.73. The fourth-order valence-corrected chi connectivity index (χ4v) is 5.89. The van der Waals surface area contributed by atoms with Gasteiger partial charge >= 0.3 is 5.97 Å². The Balaban J connectivity index is 1.43. The van der Waals surface area contributed by atoms with Crippen LogP contribution in [0, 0.1) is 23.2 Å². The average molecular weight is 377 g/mol. The summed E-state index contributed by atoms with van der Waals surface area (Å²) in [7, 11) is 0. The molecule has 0 radical (unpaired) electrons. The molecular weight excluding hydrogens is 356 g/mol. The molecule has 0 aromatic heterocycles. The van der Waals surface area contributed by atoms with Crippen molar-refractivity contribution in [3.05, 3.63) is 34.3 Å². The quantitative estimate of drug-likeness (QED) is 0.731. The molecular formula is C19H21BrO3. The smallest absolute Gasteiger partial charge is 0.339 e. The van der Waals surface area contributed by atoms with Crippen LogP contribution in [0.3, 0.4) is 0 Å². The maximum absolute atomic E-state index is 12.8. The van der Waals surface area contributed by atoms with Crippen LogP contribution < -0.4 is 0 Å². The first-order valence-electron chi connectivity index (χ1n) is 8.51. The van der Waals surface area contributed by atoms with Crippen LogP contribution in [-0.2, 0) is 9.53 Å². The monoisotopic (exact) mass is 376 g/mol. The highest BCUT2D eigenvalue weighted by molar-refractivity contribution is 9.10. The van der Waals surface area contributed by atoms with Crippen LogP contribution in [0.15, 0.2) is 28.7 Å². The summed E-state index contributed by atoms with van der Waals surface area (Å²) in [5.41, 5.74) is 0.286. The molecule has 5 rings (SSSR count). The largest absolute Gasteiger partial charge is 0.454 e. The summed E-state index contributed by atoms with van der Waals surface area (Å²) in [5, 5.41) is 0. The van der Waals surface area contributed by atoms with Gasteiger partial charge in [-0.1, -0.05) is 12.1 Å². The summed E-state index contributed by atoms with van der Waals surface area (Å²) in [4.78, 5) is 25.0. The fraction of sp³-hybridized carbons (Fsp3) is 0.579. The topological polar surface area (TPSA) is 43.4 Å². The van der Waals surface area contributed by atoms with Gasteiger partial charge in [-0.15, -0.1) is 0 Å². The summed E-state index contributed by atoms with van der Waals surface area (Å²) in [6.07, 6.45) is 6.98. The number of hydrogen-bond donors (Lipinski definition) is 0. The van der Waals surface area contributed by atoms with Gasteiger partial charge in [0.05, 0.1) is 5.56 Å². The van der Waals surface area contributed by atoms with Gasteiger partial charge in [-0.25, -0.2) is 4.79 Å². The standard InChI is InChI=1S/C19H21BrO3/c20-16-4-2-1-3-15(16)18(22)23-11-17(21)19-8-12-5-13(9-19)7-14(6-12)10-19/h1-4,12-14H,5-11H2. The van der Waals surface area contributed by atoms with Crippen LogP contribution in [0.2, 0.25) is 0 Å². The average Bonchev–Trinajstić information content (AvgIpc) is 2.51. The molecule has 0 spiro atoms. The minimum Gasteiger partial charge on any atom is -0.454 e. The van der Waals surface area contributed by atoms with E-state index in [0.717, 1.165) is 37.0 Å². The van der Waals surface area contributed by atoms with Gasteiger partial charge in [0.1, 0.15) is 0 Å². The minimum atomic E-state index is -0.421. The second-order valence-corrected chi connectivity index (χ2v) is 8.53. The molecule has 4 bridgehead atoms. The molecule has 4 heteroatoms. The number of halogens is 1. The normalized spacial score (nSPS) is 34.4. The molecule has 4 aliphatic carbocycles. The zero-order chi connectivity index (χ0) is 16.0. The Bertz CT molecular complexity index is 616. The first-order chi connectivity index (χ1) is 11.1. The van der Waals surface area contributed by atoms with Gasteiger partial charge in [-0.3, -0.25) is 4.79 Å². The van der Waals surface area contributed by atoms with E-state index in [1.807, 2.05) is 6.07 Å². The van der Waals surface area contributed by atoms with Crippen LogP contribution >= 0.6 is 15.9 Å². The van der Waals surface area contributed by atoms with Crippen LogP contribution in [0.4, 0.5) is 0 Å². The van der Waals surface area contributed by atoms with Crippen molar-refractivity contribution in [2.45, 2.75) is 38.5 Å². The van der Waals surface area contributed by atoms with Gasteiger partial charge in [0.25, 0.3) is 0 Å². The highest BCUT2D eigenvalue weighted by atomic mass is 79.9. The Morgan fingerprint density at radius 1 is 1.04 bits per heavy atom. The lowest BCUT2D eigenvalue weighted by molar-refractivity contribution is -0.147. The van der Waals surface area contributed by atoms with Crippen LogP contribution in [0.1, 0.15) is 48.9 Å². The summed E-state index contributed by atoms with van der Waals surface area (Å²) in [6, 6.07) is 7.16. The van der Waals surface area contributed by atoms with E-state index in [9.17, 15) is 9.59 Å². The molecule has 0 saturated heterocycles. The van der Waals surface area contributed by atoms with E-state index in [0.29, 0.717) is 10.0 Å². The number of rotatable bonds is 4. The van der Waals surface area contributed by atoms with Crippen molar-refractivity contribution in [2.75, 3.05) is 6.61 Å². The molecule has 1 aromatic rings. The van der Waals surface area contributed by atoms with E-state index in [4.69, 9.17) is 4.74 Å². The number of Topliss-reactive ketones (excluding diaryl/α,β-unsaturated/α-hetero) is 1. The summed E-state index contributed by atoms with van der Waals surface area (Å²) in [5.74, 6) is 1.91. The molecule has 23 heavy (non-hydrogen) atoms. The summed E-state index contributed by atoms with van der Waals surface area (Å²) >= 11 is 3.35. The molecule has 0 heterocycles. The van der Waals surface area contributed by atoms with Gasteiger partial charge in [-0.05, 0) is 84.3 Å². The SMILES string of the molecule is O=C(OCC(=O)C12CC3CC(CC(C3)C1)C2)c1ccccc1Br. The fourth-order valence-electron chi connectivity index (χ4n) is 5.44. The third-order valence-electron chi connectivity index (χ3n) is 6.06. The predicted octanol–water partition coefficient (Wildman–Crippen LogP) is 4.39. The van der Waals surface area contributed by atoms with E-state index in [1.54, 1.807) is 18.2 Å². The molecule has 4 saturated carbocycles. The zero-order valence-electron chi connectivity index (χ0n) is 13.1. The maximum atomic E-state index is 12.8. The van der Waals surface area contributed by atoms with Crippen molar-refractivity contribution in [3.63, 3.8) is 0 Å². The van der Waals surface area contributed by atoms with Crippen LogP contribution in [0.5, 0.6) is 0 Å². The molecule has 4 aliphatic rings. The van der Waals surface area contributed by atoms with E-state index >= 15 is 0 Å². The Morgan fingerprint density at radius 3 is 2.17 bits per heavy atom. The predicted molar refractivity (Wildman–Crippen MR) is 90.0 cm³/mol. The molecule has 0 N–H and O–H groups in total. The highest BCUT2D eigenvalue weighted by Crippen LogP contribution is 2.60. The van der Waals surface area contributed by atoms with Gasteiger partial charge in [0.15, 0.2) is 12.4 Å². The number of benzene rings is 1. The number of ketones is 1. The molecule has 0 unspecified atom stereocenters. The Labute approximate surface area is 144 Å². The number of ether oxygens (including phenoxy) is 1. The molecule has 0 aliphatic heterocycles. The third-order valence-corrected chi connectivity index (χ3v) is 6.75. The van der Waals surface area contributed by atoms with E-state index in [-0.39, 0.29) is 17.8 Å². The lowest BCUT2D eigenvalue weighted by Gasteiger charge is -2.55. The van der Waals surface area contributed by atoms with Crippen LogP contribution in [-0.4, -0.2) is 18.4 Å². The van der Waals surface area contributed by atoms with Crippen molar-refractivity contribution in [1.29, 1.82) is 0 Å².